The van der Waals surface area contributed by atoms with Crippen LogP contribution in [0.3, 0.4) is 0 Å². The minimum Gasteiger partial charge on any atom is -0.496 e. The van der Waals surface area contributed by atoms with Crippen molar-refractivity contribution in [3.63, 3.8) is 0 Å². The summed E-state index contributed by atoms with van der Waals surface area (Å²) in [6.07, 6.45) is -0.663. The topological polar surface area (TPSA) is 75.7 Å². The first-order valence-electron chi connectivity index (χ1n) is 5.43. The first-order valence-corrected chi connectivity index (χ1v) is 6.59. The van der Waals surface area contributed by atoms with Crippen LogP contribution in [0.4, 0.5) is 0 Å². The molecule has 1 aromatic rings. The zero-order chi connectivity index (χ0) is 12.7. The fourth-order valence-corrected chi connectivity index (χ4v) is 2.37. The van der Waals surface area contributed by atoms with Crippen LogP contribution < -0.4 is 10.5 Å². The molecule has 0 spiro atoms. The summed E-state index contributed by atoms with van der Waals surface area (Å²) in [5.74, 6) is 2.06. The maximum Gasteiger partial charge on any atom is 0.122 e. The van der Waals surface area contributed by atoms with Gasteiger partial charge in [0, 0.05) is 23.6 Å². The number of benzene rings is 1. The van der Waals surface area contributed by atoms with Crippen molar-refractivity contribution in [1.29, 1.82) is 0 Å². The smallest absolute Gasteiger partial charge is 0.122 e. The zero-order valence-corrected chi connectivity index (χ0v) is 10.7. The Kier molecular flexibility index (Phi) is 6.36. The minimum atomic E-state index is -0.663. The lowest BCUT2D eigenvalue weighted by Gasteiger charge is -2.11. The molecule has 1 atom stereocenters. The number of nitrogens with two attached hydrogens (primary N) is 1. The monoisotopic (exact) mass is 257 g/mol. The summed E-state index contributed by atoms with van der Waals surface area (Å²) in [4.78, 5) is 0. The summed E-state index contributed by atoms with van der Waals surface area (Å²) in [6, 6.07) is 5.85. The van der Waals surface area contributed by atoms with Crippen LogP contribution in [0.25, 0.3) is 0 Å². The Morgan fingerprint density at radius 1 is 1.47 bits per heavy atom. The van der Waals surface area contributed by atoms with Gasteiger partial charge in [-0.05, 0) is 17.7 Å². The molecule has 17 heavy (non-hydrogen) atoms. The molecule has 0 aliphatic heterocycles. The van der Waals surface area contributed by atoms with E-state index >= 15 is 0 Å². The van der Waals surface area contributed by atoms with Crippen LogP contribution in [0, 0.1) is 0 Å². The van der Waals surface area contributed by atoms with Gasteiger partial charge in [0.05, 0.1) is 19.8 Å². The second-order valence-electron chi connectivity index (χ2n) is 3.70. The molecule has 1 unspecified atom stereocenters. The van der Waals surface area contributed by atoms with Gasteiger partial charge >= 0.3 is 0 Å². The van der Waals surface area contributed by atoms with Gasteiger partial charge in [-0.1, -0.05) is 6.07 Å². The van der Waals surface area contributed by atoms with Crippen molar-refractivity contribution >= 4 is 11.8 Å². The number of aliphatic hydroxyl groups excluding tert-OH is 2. The predicted molar refractivity (Wildman–Crippen MR) is 70.1 cm³/mol. The summed E-state index contributed by atoms with van der Waals surface area (Å²) in [6.45, 7) is 0.300. The quantitative estimate of drug-likeness (QED) is 0.672. The third-order valence-corrected chi connectivity index (χ3v) is 3.49. The van der Waals surface area contributed by atoms with E-state index in [1.54, 1.807) is 18.9 Å². The highest BCUT2D eigenvalue weighted by atomic mass is 32.2. The molecule has 0 radical (unpaired) electrons. The number of methoxy groups -OCH3 is 1. The van der Waals surface area contributed by atoms with Crippen molar-refractivity contribution in [2.24, 2.45) is 5.73 Å². The lowest BCUT2D eigenvalue weighted by atomic mass is 10.1. The van der Waals surface area contributed by atoms with E-state index in [1.807, 2.05) is 18.2 Å². The Morgan fingerprint density at radius 3 is 2.82 bits per heavy atom. The van der Waals surface area contributed by atoms with E-state index in [9.17, 15) is 5.11 Å². The van der Waals surface area contributed by atoms with E-state index in [2.05, 4.69) is 0 Å². The summed E-state index contributed by atoms with van der Waals surface area (Å²) in [7, 11) is 1.63. The van der Waals surface area contributed by atoms with E-state index in [1.165, 1.54) is 0 Å². The van der Waals surface area contributed by atoms with E-state index < -0.39 is 6.10 Å². The van der Waals surface area contributed by atoms with Crippen LogP contribution in [-0.2, 0) is 12.3 Å². The lowest BCUT2D eigenvalue weighted by Crippen LogP contribution is -2.14. The lowest BCUT2D eigenvalue weighted by molar-refractivity contribution is 0.113. The number of ether oxygens (including phenoxy) is 1. The van der Waals surface area contributed by atoms with Gasteiger partial charge in [0.1, 0.15) is 5.75 Å². The van der Waals surface area contributed by atoms with Crippen LogP contribution in [-0.4, -0.2) is 35.8 Å². The first kappa shape index (κ1) is 14.3. The molecule has 0 amide bonds. The largest absolute Gasteiger partial charge is 0.496 e. The van der Waals surface area contributed by atoms with Crippen molar-refractivity contribution in [2.75, 3.05) is 19.5 Å². The number of hydrogen-bond donors (Lipinski definition) is 3. The highest BCUT2D eigenvalue weighted by Crippen LogP contribution is 2.24. The van der Waals surface area contributed by atoms with Gasteiger partial charge in [0.2, 0.25) is 0 Å². The molecule has 0 aliphatic carbocycles. The second kappa shape index (κ2) is 7.55. The zero-order valence-electron chi connectivity index (χ0n) is 9.93. The Bertz CT molecular complexity index is 347. The van der Waals surface area contributed by atoms with E-state index in [0.717, 1.165) is 22.6 Å². The number of hydrogen-bond acceptors (Lipinski definition) is 5. The van der Waals surface area contributed by atoms with Crippen LogP contribution in [0.15, 0.2) is 18.2 Å². The maximum atomic E-state index is 9.24. The molecule has 4 N–H and O–H groups in total. The average Bonchev–Trinajstić information content (AvgIpc) is 2.38. The van der Waals surface area contributed by atoms with Crippen LogP contribution in [0.1, 0.15) is 11.1 Å². The van der Waals surface area contributed by atoms with Gasteiger partial charge in [0.15, 0.2) is 0 Å². The van der Waals surface area contributed by atoms with E-state index in [4.69, 9.17) is 15.6 Å². The molecule has 1 aromatic carbocycles. The van der Waals surface area contributed by atoms with E-state index in [-0.39, 0.29) is 6.61 Å². The number of rotatable bonds is 7. The molecule has 0 aromatic heterocycles. The maximum absolute atomic E-state index is 9.24. The molecule has 0 saturated heterocycles. The van der Waals surface area contributed by atoms with Crippen molar-refractivity contribution in [1.82, 2.24) is 0 Å². The summed E-state index contributed by atoms with van der Waals surface area (Å²) in [5.41, 5.74) is 7.71. The fourth-order valence-electron chi connectivity index (χ4n) is 1.43. The van der Waals surface area contributed by atoms with Crippen LogP contribution >= 0.6 is 11.8 Å². The van der Waals surface area contributed by atoms with Crippen molar-refractivity contribution in [3.8, 4) is 5.75 Å². The van der Waals surface area contributed by atoms with Crippen molar-refractivity contribution < 1.29 is 14.9 Å². The number of aliphatic hydroxyl groups is 2. The molecule has 0 bridgehead atoms. The highest BCUT2D eigenvalue weighted by molar-refractivity contribution is 7.98. The average molecular weight is 257 g/mol. The summed E-state index contributed by atoms with van der Waals surface area (Å²) >= 11 is 1.56. The number of thioether (sulfide) groups is 1. The van der Waals surface area contributed by atoms with E-state index in [0.29, 0.717) is 12.3 Å². The molecule has 0 saturated carbocycles. The summed E-state index contributed by atoms with van der Waals surface area (Å²) < 4.78 is 5.26. The van der Waals surface area contributed by atoms with Crippen LogP contribution in [0.2, 0.25) is 0 Å². The molecule has 5 heteroatoms. The summed E-state index contributed by atoms with van der Waals surface area (Å²) in [5, 5.41) is 18.0. The van der Waals surface area contributed by atoms with Gasteiger partial charge in [-0.15, -0.1) is 0 Å². The van der Waals surface area contributed by atoms with Crippen molar-refractivity contribution in [2.45, 2.75) is 18.4 Å². The Balaban J connectivity index is 2.61. The normalized spacial score (nSPS) is 12.5. The standard InChI is InChI=1S/C12H19NO3S/c1-16-12-3-2-9(5-13)4-10(12)7-17-8-11(15)6-14/h2-4,11,14-15H,5-8,13H2,1H3. The van der Waals surface area contributed by atoms with Gasteiger partial charge in [-0.2, -0.15) is 11.8 Å². The predicted octanol–water partition coefficient (Wildman–Crippen LogP) is 0.740. The third-order valence-electron chi connectivity index (χ3n) is 2.36. The Morgan fingerprint density at radius 2 is 2.24 bits per heavy atom. The first-order chi connectivity index (χ1) is 8.21. The molecule has 0 aliphatic rings. The molecule has 4 nitrogen and oxygen atoms in total. The van der Waals surface area contributed by atoms with Crippen LogP contribution in [0.5, 0.6) is 5.75 Å². The molecule has 0 fully saturated rings. The Hall–Kier alpha value is -0.750. The molecule has 0 heterocycles. The second-order valence-corrected chi connectivity index (χ2v) is 4.73. The fraction of sp³-hybridized carbons (Fsp3) is 0.500. The van der Waals surface area contributed by atoms with Gasteiger partial charge in [-0.3, -0.25) is 0 Å². The highest BCUT2D eigenvalue weighted by Gasteiger charge is 2.06. The SMILES string of the molecule is COc1ccc(CN)cc1CSCC(O)CO. The third kappa shape index (κ3) is 4.55. The van der Waals surface area contributed by atoms with Gasteiger partial charge < -0.3 is 20.7 Å². The Labute approximate surface area is 106 Å². The molecular formula is C12H19NO3S. The molecule has 96 valence electrons. The van der Waals surface area contributed by atoms with Gasteiger partial charge in [0.25, 0.3) is 0 Å². The molecule has 1 rings (SSSR count). The minimum absolute atomic E-state index is 0.201. The molecular weight excluding hydrogens is 238 g/mol. The van der Waals surface area contributed by atoms with Crippen molar-refractivity contribution in [3.05, 3.63) is 29.3 Å². The van der Waals surface area contributed by atoms with Gasteiger partial charge in [-0.25, -0.2) is 0 Å².